The monoisotopic (exact) mass is 287 g/mol. The summed E-state index contributed by atoms with van der Waals surface area (Å²) in [5.74, 6) is -0.0278. The standard InChI is InChI=1S/C10H10INO/c1-3-12(2)10(13)8-6-4-5-7-9(8)11/h3-7H,1H2,2H3. The lowest BCUT2D eigenvalue weighted by atomic mass is 10.2. The lowest BCUT2D eigenvalue weighted by Crippen LogP contribution is -2.21. The molecule has 3 heteroatoms. The molecule has 0 saturated heterocycles. The van der Waals surface area contributed by atoms with Gasteiger partial charge in [-0.25, -0.2) is 0 Å². The molecular formula is C10H10INO. The van der Waals surface area contributed by atoms with Gasteiger partial charge in [0.15, 0.2) is 0 Å². The Bertz CT molecular complexity index is 335. The molecule has 0 aliphatic heterocycles. The van der Waals surface area contributed by atoms with Gasteiger partial charge in [-0.2, -0.15) is 0 Å². The molecule has 0 aliphatic rings. The van der Waals surface area contributed by atoms with Crippen molar-refractivity contribution in [2.24, 2.45) is 0 Å². The van der Waals surface area contributed by atoms with Crippen LogP contribution in [0.5, 0.6) is 0 Å². The van der Waals surface area contributed by atoms with E-state index in [1.807, 2.05) is 24.3 Å². The van der Waals surface area contributed by atoms with Crippen LogP contribution in [0.25, 0.3) is 0 Å². The van der Waals surface area contributed by atoms with Crippen LogP contribution < -0.4 is 0 Å². The highest BCUT2D eigenvalue weighted by atomic mass is 127. The van der Waals surface area contributed by atoms with Crippen molar-refractivity contribution in [3.05, 3.63) is 46.2 Å². The summed E-state index contributed by atoms with van der Waals surface area (Å²) in [6, 6.07) is 7.48. The van der Waals surface area contributed by atoms with Crippen molar-refractivity contribution in [1.29, 1.82) is 0 Å². The minimum atomic E-state index is -0.0278. The highest BCUT2D eigenvalue weighted by Crippen LogP contribution is 2.13. The van der Waals surface area contributed by atoms with Crippen LogP contribution >= 0.6 is 22.6 Å². The molecule has 13 heavy (non-hydrogen) atoms. The van der Waals surface area contributed by atoms with E-state index in [4.69, 9.17) is 0 Å². The average molecular weight is 287 g/mol. The third-order valence-electron chi connectivity index (χ3n) is 1.70. The molecule has 1 aromatic carbocycles. The maximum Gasteiger partial charge on any atom is 0.258 e. The van der Waals surface area contributed by atoms with E-state index in [0.717, 1.165) is 3.57 Å². The van der Waals surface area contributed by atoms with Crippen molar-refractivity contribution in [3.8, 4) is 0 Å². The van der Waals surface area contributed by atoms with Crippen LogP contribution in [-0.4, -0.2) is 17.9 Å². The number of nitrogens with zero attached hydrogens (tertiary/aromatic N) is 1. The number of carbonyl (C=O) groups excluding carboxylic acids is 1. The van der Waals surface area contributed by atoms with Crippen LogP contribution in [0.15, 0.2) is 37.0 Å². The molecule has 0 fully saturated rings. The van der Waals surface area contributed by atoms with E-state index < -0.39 is 0 Å². The van der Waals surface area contributed by atoms with Crippen LogP contribution in [0.1, 0.15) is 10.4 Å². The fourth-order valence-corrected chi connectivity index (χ4v) is 1.53. The molecule has 0 spiro atoms. The van der Waals surface area contributed by atoms with Crippen LogP contribution in [0.2, 0.25) is 0 Å². The lowest BCUT2D eigenvalue weighted by molar-refractivity contribution is 0.0849. The molecule has 0 radical (unpaired) electrons. The third-order valence-corrected chi connectivity index (χ3v) is 2.64. The topological polar surface area (TPSA) is 20.3 Å². The highest BCUT2D eigenvalue weighted by molar-refractivity contribution is 14.1. The molecule has 0 bridgehead atoms. The fourth-order valence-electron chi connectivity index (χ4n) is 0.908. The van der Waals surface area contributed by atoms with Gasteiger partial charge < -0.3 is 4.90 Å². The van der Waals surface area contributed by atoms with E-state index in [1.165, 1.54) is 11.1 Å². The second kappa shape index (κ2) is 4.41. The van der Waals surface area contributed by atoms with E-state index in [2.05, 4.69) is 29.2 Å². The van der Waals surface area contributed by atoms with Gasteiger partial charge in [-0.15, -0.1) is 0 Å². The maximum absolute atomic E-state index is 11.6. The van der Waals surface area contributed by atoms with E-state index in [1.54, 1.807) is 7.05 Å². The van der Waals surface area contributed by atoms with Crippen LogP contribution in [0.4, 0.5) is 0 Å². The summed E-state index contributed by atoms with van der Waals surface area (Å²) < 4.78 is 0.957. The molecule has 1 rings (SSSR count). The Morgan fingerprint density at radius 3 is 2.69 bits per heavy atom. The van der Waals surface area contributed by atoms with Crippen molar-refractivity contribution < 1.29 is 4.79 Å². The zero-order chi connectivity index (χ0) is 9.84. The van der Waals surface area contributed by atoms with Gasteiger partial charge in [0.25, 0.3) is 5.91 Å². The number of amides is 1. The van der Waals surface area contributed by atoms with Crippen molar-refractivity contribution in [2.45, 2.75) is 0 Å². The highest BCUT2D eigenvalue weighted by Gasteiger charge is 2.11. The van der Waals surface area contributed by atoms with Gasteiger partial charge in [0, 0.05) is 10.6 Å². The molecule has 0 aromatic heterocycles. The second-order valence-corrected chi connectivity index (χ2v) is 3.74. The van der Waals surface area contributed by atoms with Gasteiger partial charge in [-0.3, -0.25) is 4.79 Å². The number of benzene rings is 1. The van der Waals surface area contributed by atoms with Gasteiger partial charge >= 0.3 is 0 Å². The van der Waals surface area contributed by atoms with E-state index in [-0.39, 0.29) is 5.91 Å². The van der Waals surface area contributed by atoms with Crippen molar-refractivity contribution >= 4 is 28.5 Å². The first-order valence-electron chi connectivity index (χ1n) is 3.81. The van der Waals surface area contributed by atoms with Gasteiger partial charge in [-0.05, 0) is 40.9 Å². The van der Waals surface area contributed by atoms with Gasteiger partial charge in [-0.1, -0.05) is 18.7 Å². The van der Waals surface area contributed by atoms with Crippen molar-refractivity contribution in [1.82, 2.24) is 4.90 Å². The molecular weight excluding hydrogens is 277 g/mol. The predicted molar refractivity (Wildman–Crippen MR) is 61.4 cm³/mol. The largest absolute Gasteiger partial charge is 0.319 e. The van der Waals surface area contributed by atoms with E-state index in [0.29, 0.717) is 5.56 Å². The first kappa shape index (κ1) is 10.2. The molecule has 0 aliphatic carbocycles. The van der Waals surface area contributed by atoms with Crippen molar-refractivity contribution in [3.63, 3.8) is 0 Å². The van der Waals surface area contributed by atoms with Crippen LogP contribution in [-0.2, 0) is 0 Å². The Morgan fingerprint density at radius 1 is 1.54 bits per heavy atom. The Balaban J connectivity index is 3.02. The summed E-state index contributed by atoms with van der Waals surface area (Å²) in [4.78, 5) is 13.1. The molecule has 0 N–H and O–H groups in total. The summed E-state index contributed by atoms with van der Waals surface area (Å²) in [7, 11) is 1.69. The Labute approximate surface area is 91.4 Å². The summed E-state index contributed by atoms with van der Waals surface area (Å²) >= 11 is 2.14. The Kier molecular flexibility index (Phi) is 3.48. The quantitative estimate of drug-likeness (QED) is 0.765. The Morgan fingerprint density at radius 2 is 2.15 bits per heavy atom. The number of halogens is 1. The number of hydrogen-bond donors (Lipinski definition) is 0. The molecule has 1 amide bonds. The molecule has 1 aromatic rings. The normalized spacial score (nSPS) is 9.38. The predicted octanol–water partition coefficient (Wildman–Crippen LogP) is 2.51. The molecule has 0 unspecified atom stereocenters. The van der Waals surface area contributed by atoms with E-state index in [9.17, 15) is 4.79 Å². The smallest absolute Gasteiger partial charge is 0.258 e. The zero-order valence-electron chi connectivity index (χ0n) is 7.33. The molecule has 0 heterocycles. The first-order valence-corrected chi connectivity index (χ1v) is 4.89. The summed E-state index contributed by atoms with van der Waals surface area (Å²) in [5.41, 5.74) is 0.713. The molecule has 68 valence electrons. The summed E-state index contributed by atoms with van der Waals surface area (Å²) in [6.07, 6.45) is 1.51. The van der Waals surface area contributed by atoms with E-state index >= 15 is 0 Å². The summed E-state index contributed by atoms with van der Waals surface area (Å²) in [5, 5.41) is 0. The molecule has 0 saturated carbocycles. The number of carbonyl (C=O) groups is 1. The van der Waals surface area contributed by atoms with Crippen LogP contribution in [0, 0.1) is 3.57 Å². The van der Waals surface area contributed by atoms with Gasteiger partial charge in [0.05, 0.1) is 5.56 Å². The number of hydrogen-bond acceptors (Lipinski definition) is 1. The fraction of sp³-hybridized carbons (Fsp3) is 0.100. The lowest BCUT2D eigenvalue weighted by Gasteiger charge is -2.11. The average Bonchev–Trinajstić information content (AvgIpc) is 2.16. The van der Waals surface area contributed by atoms with Gasteiger partial charge in [0.1, 0.15) is 0 Å². The number of rotatable bonds is 2. The zero-order valence-corrected chi connectivity index (χ0v) is 9.48. The first-order chi connectivity index (χ1) is 6.16. The third kappa shape index (κ3) is 2.30. The SMILES string of the molecule is C=CN(C)C(=O)c1ccccc1I. The van der Waals surface area contributed by atoms with Gasteiger partial charge in [0.2, 0.25) is 0 Å². The maximum atomic E-state index is 11.6. The van der Waals surface area contributed by atoms with Crippen molar-refractivity contribution in [2.75, 3.05) is 7.05 Å². The second-order valence-electron chi connectivity index (χ2n) is 2.58. The minimum absolute atomic E-state index is 0.0278. The summed E-state index contributed by atoms with van der Waals surface area (Å²) in [6.45, 7) is 3.54. The Hall–Kier alpha value is -0.840. The van der Waals surface area contributed by atoms with Crippen LogP contribution in [0.3, 0.4) is 0 Å². The molecule has 2 nitrogen and oxygen atoms in total. The minimum Gasteiger partial charge on any atom is -0.319 e. The molecule has 0 atom stereocenters.